The molecule has 0 amide bonds. The van der Waals surface area contributed by atoms with Crippen LogP contribution in [-0.2, 0) is 35.8 Å². The Morgan fingerprint density at radius 3 is 1.36 bits per heavy atom. The zero-order valence-electron chi connectivity index (χ0n) is 14.3. The van der Waals surface area contributed by atoms with Gasteiger partial charge in [-0.1, -0.05) is 60.4 Å². The van der Waals surface area contributed by atoms with E-state index in [1.54, 1.807) is 0 Å². The second-order valence-corrected chi connectivity index (χ2v) is 5.63. The molecule has 0 aliphatic rings. The van der Waals surface area contributed by atoms with Gasteiger partial charge in [0.2, 0.25) is 0 Å². The number of ether oxygens (including phenoxy) is 2. The van der Waals surface area contributed by atoms with Crippen LogP contribution in [0, 0.1) is 24.7 Å². The van der Waals surface area contributed by atoms with Crippen molar-refractivity contribution in [1.82, 2.24) is 5.32 Å². The smallest absolute Gasteiger partial charge is 0.107 e. The van der Waals surface area contributed by atoms with Crippen LogP contribution in [0.25, 0.3) is 0 Å². The first kappa shape index (κ1) is 18.8. The van der Waals surface area contributed by atoms with Gasteiger partial charge in [0.05, 0.1) is 13.2 Å². The summed E-state index contributed by atoms with van der Waals surface area (Å²) in [5.41, 5.74) is 4.73. The highest BCUT2D eigenvalue weighted by atomic mass is 16.5. The first-order valence-corrected chi connectivity index (χ1v) is 8.20. The number of benzene rings is 2. The molecule has 128 valence electrons. The first-order chi connectivity index (χ1) is 12.3. The number of nitrogens with one attached hydrogen (secondary N) is 1. The number of terminal acetylenes is 2. The van der Waals surface area contributed by atoms with Gasteiger partial charge in [-0.2, -0.15) is 0 Å². The van der Waals surface area contributed by atoms with E-state index in [1.165, 1.54) is 11.1 Å². The Morgan fingerprint density at radius 2 is 1.00 bits per heavy atom. The van der Waals surface area contributed by atoms with Crippen molar-refractivity contribution in [2.75, 3.05) is 13.2 Å². The van der Waals surface area contributed by atoms with Gasteiger partial charge in [-0.3, -0.25) is 0 Å². The third-order valence-electron chi connectivity index (χ3n) is 3.61. The molecule has 0 aromatic heterocycles. The van der Waals surface area contributed by atoms with Crippen molar-refractivity contribution in [3.63, 3.8) is 0 Å². The lowest BCUT2D eigenvalue weighted by Gasteiger charge is -2.08. The summed E-state index contributed by atoms with van der Waals surface area (Å²) in [6.07, 6.45) is 10.3. The fourth-order valence-electron chi connectivity index (χ4n) is 2.31. The van der Waals surface area contributed by atoms with E-state index in [0.29, 0.717) is 26.4 Å². The van der Waals surface area contributed by atoms with E-state index in [9.17, 15) is 0 Å². The zero-order valence-corrected chi connectivity index (χ0v) is 14.3. The predicted octanol–water partition coefficient (Wildman–Crippen LogP) is 3.28. The molecule has 0 heterocycles. The van der Waals surface area contributed by atoms with Crippen molar-refractivity contribution in [2.24, 2.45) is 0 Å². The lowest BCUT2D eigenvalue weighted by molar-refractivity contribution is 0.153. The van der Waals surface area contributed by atoms with Crippen molar-refractivity contribution >= 4 is 0 Å². The van der Waals surface area contributed by atoms with E-state index in [-0.39, 0.29) is 0 Å². The fraction of sp³-hybridized carbons (Fsp3) is 0.273. The summed E-state index contributed by atoms with van der Waals surface area (Å²) in [5.74, 6) is 4.92. The summed E-state index contributed by atoms with van der Waals surface area (Å²) in [4.78, 5) is 0. The normalized spacial score (nSPS) is 10.2. The Balaban J connectivity index is 1.71. The Morgan fingerprint density at radius 1 is 0.640 bits per heavy atom. The maximum absolute atomic E-state index is 5.32. The summed E-state index contributed by atoms with van der Waals surface area (Å²) < 4.78 is 10.6. The van der Waals surface area contributed by atoms with Gasteiger partial charge < -0.3 is 14.8 Å². The molecular weight excluding hydrogens is 310 g/mol. The molecule has 2 rings (SSSR count). The quantitative estimate of drug-likeness (QED) is 0.535. The van der Waals surface area contributed by atoms with E-state index in [1.807, 2.05) is 0 Å². The molecule has 3 nitrogen and oxygen atoms in total. The van der Waals surface area contributed by atoms with Crippen molar-refractivity contribution < 1.29 is 9.47 Å². The standard InChI is InChI=1S/C22H23NO2/c1-3-13-24-17-21-9-5-19(6-10-21)15-23-16-20-7-11-22(12-8-20)18-25-14-4-2/h1-2,5-12,23H,13-18H2. The van der Waals surface area contributed by atoms with Crippen LogP contribution in [0.4, 0.5) is 0 Å². The molecule has 0 aliphatic heterocycles. The van der Waals surface area contributed by atoms with Crippen molar-refractivity contribution in [1.29, 1.82) is 0 Å². The van der Waals surface area contributed by atoms with Crippen LogP contribution in [0.3, 0.4) is 0 Å². The molecule has 0 bridgehead atoms. The molecule has 0 radical (unpaired) electrons. The van der Waals surface area contributed by atoms with Gasteiger partial charge in [0.15, 0.2) is 0 Å². The second-order valence-electron chi connectivity index (χ2n) is 5.63. The second kappa shape index (κ2) is 11.1. The highest BCUT2D eigenvalue weighted by Gasteiger charge is 1.98. The first-order valence-electron chi connectivity index (χ1n) is 8.20. The molecular formula is C22H23NO2. The summed E-state index contributed by atoms with van der Waals surface area (Å²) in [7, 11) is 0. The maximum Gasteiger partial charge on any atom is 0.107 e. The van der Waals surface area contributed by atoms with Gasteiger partial charge >= 0.3 is 0 Å². The lowest BCUT2D eigenvalue weighted by atomic mass is 10.1. The average molecular weight is 333 g/mol. The van der Waals surface area contributed by atoms with Crippen LogP contribution in [0.2, 0.25) is 0 Å². The molecule has 25 heavy (non-hydrogen) atoms. The molecule has 2 aromatic carbocycles. The largest absolute Gasteiger partial charge is 0.364 e. The van der Waals surface area contributed by atoms with Crippen LogP contribution >= 0.6 is 0 Å². The molecule has 0 spiro atoms. The molecule has 0 fully saturated rings. The average Bonchev–Trinajstić information content (AvgIpc) is 2.65. The fourth-order valence-corrected chi connectivity index (χ4v) is 2.31. The van der Waals surface area contributed by atoms with Crippen LogP contribution in [0.5, 0.6) is 0 Å². The Hall–Kier alpha value is -2.56. The third kappa shape index (κ3) is 7.25. The molecule has 2 aromatic rings. The molecule has 3 heteroatoms. The number of rotatable bonds is 10. The SMILES string of the molecule is C#CCOCc1ccc(CNCc2ccc(COCC#C)cc2)cc1. The highest BCUT2D eigenvalue weighted by Crippen LogP contribution is 2.08. The zero-order chi connectivity index (χ0) is 17.7. The topological polar surface area (TPSA) is 30.5 Å². The van der Waals surface area contributed by atoms with Crippen molar-refractivity contribution in [3.8, 4) is 24.7 Å². The molecule has 0 saturated heterocycles. The maximum atomic E-state index is 5.32. The molecule has 0 aliphatic carbocycles. The molecule has 0 atom stereocenters. The van der Waals surface area contributed by atoms with Gasteiger partial charge in [0.1, 0.15) is 13.2 Å². The Labute approximate surface area is 150 Å². The predicted molar refractivity (Wildman–Crippen MR) is 100 cm³/mol. The van der Waals surface area contributed by atoms with Crippen LogP contribution in [0.15, 0.2) is 48.5 Å². The van der Waals surface area contributed by atoms with E-state index in [4.69, 9.17) is 22.3 Å². The van der Waals surface area contributed by atoms with E-state index < -0.39 is 0 Å². The summed E-state index contributed by atoms with van der Waals surface area (Å²) in [6.45, 7) is 3.43. The van der Waals surface area contributed by atoms with Gasteiger partial charge in [-0.25, -0.2) is 0 Å². The van der Waals surface area contributed by atoms with Crippen molar-refractivity contribution in [3.05, 3.63) is 70.8 Å². The minimum Gasteiger partial charge on any atom is -0.364 e. The highest BCUT2D eigenvalue weighted by molar-refractivity contribution is 5.23. The van der Waals surface area contributed by atoms with Gasteiger partial charge in [0.25, 0.3) is 0 Å². The van der Waals surface area contributed by atoms with Crippen LogP contribution in [-0.4, -0.2) is 13.2 Å². The third-order valence-corrected chi connectivity index (χ3v) is 3.61. The molecule has 0 unspecified atom stereocenters. The number of hydrogen-bond donors (Lipinski definition) is 1. The number of hydrogen-bond acceptors (Lipinski definition) is 3. The van der Waals surface area contributed by atoms with Crippen LogP contribution in [0.1, 0.15) is 22.3 Å². The molecule has 1 N–H and O–H groups in total. The van der Waals surface area contributed by atoms with Crippen molar-refractivity contribution in [2.45, 2.75) is 26.3 Å². The minimum absolute atomic E-state index is 0.345. The Bertz CT molecular complexity index is 642. The van der Waals surface area contributed by atoms with E-state index in [0.717, 1.165) is 24.2 Å². The van der Waals surface area contributed by atoms with E-state index in [2.05, 4.69) is 65.7 Å². The monoisotopic (exact) mass is 333 g/mol. The van der Waals surface area contributed by atoms with E-state index >= 15 is 0 Å². The summed E-state index contributed by atoms with van der Waals surface area (Å²) >= 11 is 0. The lowest BCUT2D eigenvalue weighted by Crippen LogP contribution is -2.12. The summed E-state index contributed by atoms with van der Waals surface area (Å²) in [6, 6.07) is 16.7. The van der Waals surface area contributed by atoms with Gasteiger partial charge in [-0.05, 0) is 22.3 Å². The van der Waals surface area contributed by atoms with Crippen LogP contribution < -0.4 is 5.32 Å². The van der Waals surface area contributed by atoms with Gasteiger partial charge in [-0.15, -0.1) is 12.8 Å². The molecule has 0 saturated carbocycles. The minimum atomic E-state index is 0.345. The summed E-state index contributed by atoms with van der Waals surface area (Å²) in [5, 5.41) is 3.45. The Kier molecular flexibility index (Phi) is 8.32. The van der Waals surface area contributed by atoms with Gasteiger partial charge in [0, 0.05) is 13.1 Å².